The van der Waals surface area contributed by atoms with E-state index in [9.17, 15) is 0 Å². The molecule has 0 aliphatic carbocycles. The zero-order valence-electron chi connectivity index (χ0n) is 8.68. The Labute approximate surface area is 75.7 Å². The minimum absolute atomic E-state index is 0.226. The molecule has 0 aromatic rings. The van der Waals surface area contributed by atoms with Crippen molar-refractivity contribution in [3.8, 4) is 0 Å². The van der Waals surface area contributed by atoms with Crippen LogP contribution >= 0.6 is 0 Å². The molecule has 0 aromatic heterocycles. The second-order valence-electron chi connectivity index (χ2n) is 4.58. The third-order valence-electron chi connectivity index (χ3n) is 2.91. The minimum atomic E-state index is 0.226. The Morgan fingerprint density at radius 1 is 1.58 bits per heavy atom. The molecule has 1 rings (SSSR count). The molecule has 2 heteroatoms. The van der Waals surface area contributed by atoms with Gasteiger partial charge in [-0.1, -0.05) is 13.8 Å². The predicted molar refractivity (Wildman–Crippen MR) is 51.2 cm³/mol. The van der Waals surface area contributed by atoms with E-state index >= 15 is 0 Å². The number of methoxy groups -OCH3 is 1. The van der Waals surface area contributed by atoms with Crippen molar-refractivity contribution in [1.29, 1.82) is 0 Å². The van der Waals surface area contributed by atoms with Crippen LogP contribution in [0.5, 0.6) is 0 Å². The second kappa shape index (κ2) is 3.75. The molecule has 0 amide bonds. The van der Waals surface area contributed by atoms with Crippen LogP contribution in [0, 0.1) is 11.8 Å². The quantitative estimate of drug-likeness (QED) is 0.697. The lowest BCUT2D eigenvalue weighted by Gasteiger charge is -2.23. The first kappa shape index (κ1) is 10.0. The van der Waals surface area contributed by atoms with E-state index in [1.165, 1.54) is 6.42 Å². The van der Waals surface area contributed by atoms with Crippen LogP contribution in [-0.4, -0.2) is 25.8 Å². The lowest BCUT2D eigenvalue weighted by Crippen LogP contribution is -2.40. The number of nitrogens with one attached hydrogen (secondary N) is 1. The maximum absolute atomic E-state index is 5.19. The summed E-state index contributed by atoms with van der Waals surface area (Å²) in [4.78, 5) is 0. The molecular weight excluding hydrogens is 150 g/mol. The molecule has 1 fully saturated rings. The standard InChI is InChI=1S/C10H21NO/c1-8(2)9-5-10(3,7-12-4)11-6-9/h8-9,11H,5-7H2,1-4H3. The van der Waals surface area contributed by atoms with Gasteiger partial charge in [0, 0.05) is 12.6 Å². The number of hydrogen-bond acceptors (Lipinski definition) is 2. The number of rotatable bonds is 3. The van der Waals surface area contributed by atoms with Gasteiger partial charge in [0.2, 0.25) is 0 Å². The fraction of sp³-hybridized carbons (Fsp3) is 1.00. The molecule has 1 aliphatic rings. The Balaban J connectivity index is 2.43. The summed E-state index contributed by atoms with van der Waals surface area (Å²) in [5, 5.41) is 3.54. The molecule has 12 heavy (non-hydrogen) atoms. The normalized spacial score (nSPS) is 36.2. The van der Waals surface area contributed by atoms with Crippen molar-refractivity contribution in [3.05, 3.63) is 0 Å². The third kappa shape index (κ3) is 2.20. The van der Waals surface area contributed by atoms with Gasteiger partial charge in [-0.15, -0.1) is 0 Å². The first-order valence-electron chi connectivity index (χ1n) is 4.81. The van der Waals surface area contributed by atoms with Crippen molar-refractivity contribution in [3.63, 3.8) is 0 Å². The van der Waals surface area contributed by atoms with Crippen molar-refractivity contribution >= 4 is 0 Å². The van der Waals surface area contributed by atoms with Gasteiger partial charge < -0.3 is 10.1 Å². The zero-order valence-corrected chi connectivity index (χ0v) is 8.68. The van der Waals surface area contributed by atoms with Gasteiger partial charge in [-0.25, -0.2) is 0 Å². The zero-order chi connectivity index (χ0) is 9.19. The average molecular weight is 171 g/mol. The van der Waals surface area contributed by atoms with Gasteiger partial charge in [0.1, 0.15) is 0 Å². The monoisotopic (exact) mass is 171 g/mol. The van der Waals surface area contributed by atoms with Crippen molar-refractivity contribution in [2.24, 2.45) is 11.8 Å². The Kier molecular flexibility index (Phi) is 3.13. The molecule has 72 valence electrons. The van der Waals surface area contributed by atoms with Crippen LogP contribution in [0.25, 0.3) is 0 Å². The summed E-state index contributed by atoms with van der Waals surface area (Å²) in [7, 11) is 1.77. The number of hydrogen-bond donors (Lipinski definition) is 1. The van der Waals surface area contributed by atoms with Crippen molar-refractivity contribution in [2.45, 2.75) is 32.7 Å². The van der Waals surface area contributed by atoms with Gasteiger partial charge in [0.05, 0.1) is 6.61 Å². The molecule has 1 saturated heterocycles. The fourth-order valence-electron chi connectivity index (χ4n) is 2.00. The first-order valence-corrected chi connectivity index (χ1v) is 4.81. The van der Waals surface area contributed by atoms with Crippen LogP contribution in [0.15, 0.2) is 0 Å². The van der Waals surface area contributed by atoms with Crippen LogP contribution in [0.1, 0.15) is 27.2 Å². The highest BCUT2D eigenvalue weighted by molar-refractivity contribution is 4.93. The van der Waals surface area contributed by atoms with E-state index in [0.29, 0.717) is 0 Å². The van der Waals surface area contributed by atoms with Gasteiger partial charge in [0.15, 0.2) is 0 Å². The lowest BCUT2D eigenvalue weighted by atomic mass is 9.88. The van der Waals surface area contributed by atoms with E-state index in [-0.39, 0.29) is 5.54 Å². The molecule has 0 bridgehead atoms. The SMILES string of the molecule is COCC1(C)CC(C(C)C)CN1. The summed E-state index contributed by atoms with van der Waals surface area (Å²) in [5.74, 6) is 1.61. The van der Waals surface area contributed by atoms with Gasteiger partial charge in [-0.3, -0.25) is 0 Å². The molecule has 1 aliphatic heterocycles. The molecule has 0 saturated carbocycles. The maximum atomic E-state index is 5.19. The van der Waals surface area contributed by atoms with E-state index in [1.54, 1.807) is 7.11 Å². The largest absolute Gasteiger partial charge is 0.383 e. The highest BCUT2D eigenvalue weighted by Crippen LogP contribution is 2.28. The molecule has 0 radical (unpaired) electrons. The van der Waals surface area contributed by atoms with Crippen LogP contribution in [-0.2, 0) is 4.74 Å². The Morgan fingerprint density at radius 2 is 2.25 bits per heavy atom. The summed E-state index contributed by atoms with van der Waals surface area (Å²) < 4.78 is 5.19. The summed E-state index contributed by atoms with van der Waals surface area (Å²) in [6.45, 7) is 8.82. The third-order valence-corrected chi connectivity index (χ3v) is 2.91. The summed E-state index contributed by atoms with van der Waals surface area (Å²) in [5.41, 5.74) is 0.226. The van der Waals surface area contributed by atoms with Crippen molar-refractivity contribution < 1.29 is 4.74 Å². The molecule has 1 heterocycles. The Morgan fingerprint density at radius 3 is 2.67 bits per heavy atom. The molecule has 2 nitrogen and oxygen atoms in total. The maximum Gasteiger partial charge on any atom is 0.0641 e. The highest BCUT2D eigenvalue weighted by Gasteiger charge is 2.35. The van der Waals surface area contributed by atoms with E-state index < -0.39 is 0 Å². The van der Waals surface area contributed by atoms with Gasteiger partial charge in [-0.05, 0) is 31.7 Å². The van der Waals surface area contributed by atoms with Gasteiger partial charge >= 0.3 is 0 Å². The highest BCUT2D eigenvalue weighted by atomic mass is 16.5. The molecule has 0 spiro atoms. The van der Waals surface area contributed by atoms with Crippen LogP contribution in [0.4, 0.5) is 0 Å². The van der Waals surface area contributed by atoms with Crippen LogP contribution in [0.2, 0.25) is 0 Å². The topological polar surface area (TPSA) is 21.3 Å². The summed E-state index contributed by atoms with van der Waals surface area (Å²) >= 11 is 0. The first-order chi connectivity index (χ1) is 5.57. The average Bonchev–Trinajstić information content (AvgIpc) is 2.33. The van der Waals surface area contributed by atoms with E-state index in [2.05, 4.69) is 26.1 Å². The van der Waals surface area contributed by atoms with Crippen LogP contribution in [0.3, 0.4) is 0 Å². The predicted octanol–water partition coefficient (Wildman–Crippen LogP) is 1.66. The van der Waals surface area contributed by atoms with E-state index in [0.717, 1.165) is 25.0 Å². The molecule has 2 atom stereocenters. The van der Waals surface area contributed by atoms with Gasteiger partial charge in [-0.2, -0.15) is 0 Å². The molecule has 1 N–H and O–H groups in total. The second-order valence-corrected chi connectivity index (χ2v) is 4.58. The van der Waals surface area contributed by atoms with Crippen molar-refractivity contribution in [1.82, 2.24) is 5.32 Å². The minimum Gasteiger partial charge on any atom is -0.383 e. The lowest BCUT2D eigenvalue weighted by molar-refractivity contribution is 0.127. The number of ether oxygens (including phenoxy) is 1. The Hall–Kier alpha value is -0.0800. The molecule has 0 aromatic carbocycles. The molecular formula is C10H21NO. The van der Waals surface area contributed by atoms with E-state index in [1.807, 2.05) is 0 Å². The Bertz CT molecular complexity index is 147. The summed E-state index contributed by atoms with van der Waals surface area (Å²) in [6.07, 6.45) is 1.25. The summed E-state index contributed by atoms with van der Waals surface area (Å²) in [6, 6.07) is 0. The van der Waals surface area contributed by atoms with Gasteiger partial charge in [0.25, 0.3) is 0 Å². The molecule has 2 unspecified atom stereocenters. The van der Waals surface area contributed by atoms with Crippen molar-refractivity contribution in [2.75, 3.05) is 20.3 Å². The fourth-order valence-corrected chi connectivity index (χ4v) is 2.00. The smallest absolute Gasteiger partial charge is 0.0641 e. The van der Waals surface area contributed by atoms with E-state index in [4.69, 9.17) is 4.74 Å². The van der Waals surface area contributed by atoms with Crippen LogP contribution < -0.4 is 5.32 Å².